The van der Waals surface area contributed by atoms with Crippen LogP contribution in [-0.2, 0) is 26.8 Å². The summed E-state index contributed by atoms with van der Waals surface area (Å²) in [6, 6.07) is 10.5. The Labute approximate surface area is 69.9 Å². The molecule has 0 N–H and O–H groups in total. The summed E-state index contributed by atoms with van der Waals surface area (Å²) in [6.07, 6.45) is 1.14. The van der Waals surface area contributed by atoms with Gasteiger partial charge in [-0.25, -0.2) is 0 Å². The van der Waals surface area contributed by atoms with Crippen molar-refractivity contribution in [3.8, 4) is 0 Å². The van der Waals surface area contributed by atoms with Gasteiger partial charge in [-0.15, -0.1) is 0 Å². The van der Waals surface area contributed by atoms with E-state index in [0.717, 1.165) is 6.42 Å². The van der Waals surface area contributed by atoms with Crippen LogP contribution in [0.5, 0.6) is 0 Å². The van der Waals surface area contributed by atoms with Crippen LogP contribution in [-0.4, -0.2) is 0 Å². The molecule has 0 amide bonds. The summed E-state index contributed by atoms with van der Waals surface area (Å²) in [4.78, 5) is 0. The molecule has 1 heteroatoms. The van der Waals surface area contributed by atoms with E-state index in [9.17, 15) is 0 Å². The van der Waals surface area contributed by atoms with Crippen molar-refractivity contribution in [2.45, 2.75) is 13.3 Å². The molecule has 9 heavy (non-hydrogen) atoms. The van der Waals surface area contributed by atoms with E-state index in [1.165, 1.54) is 5.56 Å². The van der Waals surface area contributed by atoms with Gasteiger partial charge in [-0.2, -0.15) is 0 Å². The van der Waals surface area contributed by atoms with Crippen LogP contribution >= 0.6 is 0 Å². The smallest absolute Gasteiger partial charge is 0 e. The van der Waals surface area contributed by atoms with Crippen LogP contribution in [0.2, 0.25) is 0 Å². The predicted molar refractivity (Wildman–Crippen MR) is 35.8 cm³/mol. The summed E-state index contributed by atoms with van der Waals surface area (Å²) in [5.74, 6) is 0. The second-order valence-electron chi connectivity index (χ2n) is 1.84. The number of benzene rings is 1. The Hall–Kier alpha value is -0.118. The van der Waals surface area contributed by atoms with Gasteiger partial charge in [0.05, 0.1) is 0 Å². The van der Waals surface area contributed by atoms with Crippen LogP contribution in [0, 0.1) is 0 Å². The maximum Gasteiger partial charge on any atom is 0 e. The summed E-state index contributed by atoms with van der Waals surface area (Å²) in [6.45, 7) is 2.16. The average molecular weight is 213 g/mol. The van der Waals surface area contributed by atoms with Gasteiger partial charge in [0, 0.05) is 20.4 Å². The van der Waals surface area contributed by atoms with Gasteiger partial charge in [0.2, 0.25) is 0 Å². The van der Waals surface area contributed by atoms with E-state index in [1.54, 1.807) is 0 Å². The molecule has 0 aliphatic carbocycles. The van der Waals surface area contributed by atoms with Crippen LogP contribution in [0.3, 0.4) is 0 Å². The third-order valence-electron chi connectivity index (χ3n) is 1.25. The molecule has 1 aromatic carbocycles. The van der Waals surface area contributed by atoms with E-state index in [0.29, 0.717) is 0 Å². The first-order valence-electron chi connectivity index (χ1n) is 2.97. The number of hydrogen-bond donors (Lipinski definition) is 0. The maximum atomic E-state index is 2.16. The third kappa shape index (κ3) is 2.79. The molecule has 0 aliphatic heterocycles. The van der Waals surface area contributed by atoms with Gasteiger partial charge in [-0.3, -0.25) is 0 Å². The van der Waals surface area contributed by atoms with Crippen molar-refractivity contribution in [2.75, 3.05) is 0 Å². The molecule has 0 bridgehead atoms. The molecule has 0 spiro atoms. The van der Waals surface area contributed by atoms with E-state index < -0.39 is 0 Å². The van der Waals surface area contributed by atoms with Gasteiger partial charge < -0.3 is 0 Å². The van der Waals surface area contributed by atoms with Gasteiger partial charge >= 0.3 is 0 Å². The minimum atomic E-state index is 0. The minimum absolute atomic E-state index is 0. The molecule has 1 aromatic rings. The summed E-state index contributed by atoms with van der Waals surface area (Å²) >= 11 is 0. The Kier molecular flexibility index (Phi) is 4.67. The molecule has 0 nitrogen and oxygen atoms in total. The number of aryl methyl sites for hydroxylation is 1. The van der Waals surface area contributed by atoms with E-state index in [2.05, 4.69) is 31.2 Å². The first-order chi connectivity index (χ1) is 3.93. The van der Waals surface area contributed by atoms with Gasteiger partial charge in [0.25, 0.3) is 0 Å². The van der Waals surface area contributed by atoms with Crippen LogP contribution in [0.4, 0.5) is 0 Å². The van der Waals surface area contributed by atoms with Crippen LogP contribution in [0.15, 0.2) is 30.3 Å². The standard InChI is InChI=1S/C8H10.Pd/c1-2-8-6-4-3-5-7-8;/h3-7H,2H2,1H3;. The largest absolute Gasteiger partial charge is 0.0622 e. The fourth-order valence-electron chi connectivity index (χ4n) is 0.714. The molecule has 0 aromatic heterocycles. The van der Waals surface area contributed by atoms with Crippen molar-refractivity contribution < 1.29 is 20.4 Å². The second kappa shape index (κ2) is 4.73. The number of rotatable bonds is 1. The van der Waals surface area contributed by atoms with E-state index >= 15 is 0 Å². The van der Waals surface area contributed by atoms with E-state index in [4.69, 9.17) is 0 Å². The Morgan fingerprint density at radius 1 is 1.11 bits per heavy atom. The second-order valence-corrected chi connectivity index (χ2v) is 1.84. The predicted octanol–water partition coefficient (Wildman–Crippen LogP) is 2.25. The topological polar surface area (TPSA) is 0 Å². The monoisotopic (exact) mass is 212 g/mol. The quantitative estimate of drug-likeness (QED) is 0.627. The summed E-state index contributed by atoms with van der Waals surface area (Å²) in [5.41, 5.74) is 1.41. The maximum absolute atomic E-state index is 2.16. The molecule has 0 radical (unpaired) electrons. The SMILES string of the molecule is CCc1ccccc1.[Pd]. The van der Waals surface area contributed by atoms with Crippen LogP contribution < -0.4 is 0 Å². The zero-order chi connectivity index (χ0) is 5.82. The molecule has 0 saturated heterocycles. The van der Waals surface area contributed by atoms with Gasteiger partial charge in [-0.05, 0) is 12.0 Å². The molecular weight excluding hydrogens is 203 g/mol. The van der Waals surface area contributed by atoms with Crippen molar-refractivity contribution in [3.05, 3.63) is 35.9 Å². The fraction of sp³-hybridized carbons (Fsp3) is 0.250. The molecule has 52 valence electrons. The molecule has 1 rings (SSSR count). The number of hydrogen-bond acceptors (Lipinski definition) is 0. The molecule has 0 saturated carbocycles. The van der Waals surface area contributed by atoms with Crippen LogP contribution in [0.25, 0.3) is 0 Å². The molecular formula is C8H10Pd. The summed E-state index contributed by atoms with van der Waals surface area (Å²) < 4.78 is 0. The van der Waals surface area contributed by atoms with Crippen molar-refractivity contribution >= 4 is 0 Å². The van der Waals surface area contributed by atoms with Crippen molar-refractivity contribution in [1.82, 2.24) is 0 Å². The zero-order valence-electron chi connectivity index (χ0n) is 5.41. The van der Waals surface area contributed by atoms with E-state index in [1.807, 2.05) is 6.07 Å². The normalized spacial score (nSPS) is 8.11. The molecule has 0 heterocycles. The Bertz CT molecular complexity index is 146. The van der Waals surface area contributed by atoms with Crippen molar-refractivity contribution in [2.24, 2.45) is 0 Å². The van der Waals surface area contributed by atoms with Gasteiger partial charge in [0.1, 0.15) is 0 Å². The molecule has 0 atom stereocenters. The zero-order valence-corrected chi connectivity index (χ0v) is 6.96. The van der Waals surface area contributed by atoms with Crippen LogP contribution in [0.1, 0.15) is 12.5 Å². The minimum Gasteiger partial charge on any atom is -0.0622 e. The van der Waals surface area contributed by atoms with E-state index in [-0.39, 0.29) is 20.4 Å². The Balaban J connectivity index is 0.000000640. The Morgan fingerprint density at radius 3 is 2.00 bits per heavy atom. The molecule has 0 aliphatic rings. The first-order valence-corrected chi connectivity index (χ1v) is 2.97. The third-order valence-corrected chi connectivity index (χ3v) is 1.25. The molecule has 0 fully saturated rings. The van der Waals surface area contributed by atoms with Crippen molar-refractivity contribution in [3.63, 3.8) is 0 Å². The fourth-order valence-corrected chi connectivity index (χ4v) is 0.714. The van der Waals surface area contributed by atoms with Gasteiger partial charge in [0.15, 0.2) is 0 Å². The molecule has 0 unspecified atom stereocenters. The average Bonchev–Trinajstić information content (AvgIpc) is 1.90. The summed E-state index contributed by atoms with van der Waals surface area (Å²) in [5, 5.41) is 0. The van der Waals surface area contributed by atoms with Gasteiger partial charge in [-0.1, -0.05) is 37.3 Å². The van der Waals surface area contributed by atoms with Crippen molar-refractivity contribution in [1.29, 1.82) is 0 Å². The Morgan fingerprint density at radius 2 is 1.67 bits per heavy atom. The first kappa shape index (κ1) is 8.88. The summed E-state index contributed by atoms with van der Waals surface area (Å²) in [7, 11) is 0.